The summed E-state index contributed by atoms with van der Waals surface area (Å²) in [5.74, 6) is 0.778. The van der Waals surface area contributed by atoms with Crippen LogP contribution in [0.5, 0.6) is 0 Å². The molecule has 3 rings (SSSR count). The summed E-state index contributed by atoms with van der Waals surface area (Å²) in [6.45, 7) is 6.48. The summed E-state index contributed by atoms with van der Waals surface area (Å²) in [5, 5.41) is 9.17. The zero-order valence-corrected chi connectivity index (χ0v) is 13.3. The molecule has 0 spiro atoms. The van der Waals surface area contributed by atoms with E-state index in [0.29, 0.717) is 0 Å². The van der Waals surface area contributed by atoms with Gasteiger partial charge >= 0.3 is 0 Å². The smallest absolute Gasteiger partial charge is 0.157 e. The first-order valence-electron chi connectivity index (χ1n) is 7.81. The van der Waals surface area contributed by atoms with Crippen molar-refractivity contribution in [2.24, 2.45) is 13.0 Å². The molecule has 0 saturated carbocycles. The zero-order valence-electron chi connectivity index (χ0n) is 13.3. The Morgan fingerprint density at radius 1 is 1.38 bits per heavy atom. The minimum atomic E-state index is 0.778. The van der Waals surface area contributed by atoms with E-state index in [1.807, 2.05) is 24.9 Å². The van der Waals surface area contributed by atoms with Crippen molar-refractivity contribution in [3.63, 3.8) is 0 Å². The molecule has 0 aliphatic carbocycles. The third-order valence-corrected chi connectivity index (χ3v) is 4.40. The van der Waals surface area contributed by atoms with Crippen LogP contribution in [-0.2, 0) is 13.6 Å². The van der Waals surface area contributed by atoms with E-state index >= 15 is 0 Å². The Bertz CT molecular complexity index is 618. The molecule has 0 radical (unpaired) electrons. The van der Waals surface area contributed by atoms with Gasteiger partial charge in [0.1, 0.15) is 0 Å². The highest BCUT2D eigenvalue weighted by Gasteiger charge is 2.16. The van der Waals surface area contributed by atoms with Gasteiger partial charge in [-0.15, -0.1) is 0 Å². The van der Waals surface area contributed by atoms with Crippen LogP contribution in [0.4, 0.5) is 0 Å². The Morgan fingerprint density at radius 2 is 2.24 bits per heavy atom. The first kappa shape index (κ1) is 14.5. The van der Waals surface area contributed by atoms with Crippen molar-refractivity contribution in [3.8, 4) is 0 Å². The molecule has 2 aromatic heterocycles. The van der Waals surface area contributed by atoms with Gasteiger partial charge in [0.2, 0.25) is 0 Å². The maximum Gasteiger partial charge on any atom is 0.157 e. The van der Waals surface area contributed by atoms with E-state index in [1.54, 1.807) is 0 Å². The van der Waals surface area contributed by atoms with Crippen molar-refractivity contribution in [2.45, 2.75) is 26.3 Å². The second kappa shape index (κ2) is 6.12. The quantitative estimate of drug-likeness (QED) is 0.930. The first-order chi connectivity index (χ1) is 10.1. The number of likely N-dealkylation sites (tertiary alicyclic amines) is 1. The molecule has 0 aromatic carbocycles. The number of fused-ring (bicyclic) bond motifs is 1. The SMILES string of the molecule is Cc1nn(C)c2ncc(CNC[C@H]3CCCN(C)C3)cc12. The Morgan fingerprint density at radius 3 is 3.05 bits per heavy atom. The van der Waals surface area contributed by atoms with E-state index in [0.717, 1.165) is 35.7 Å². The van der Waals surface area contributed by atoms with Gasteiger partial charge in [0, 0.05) is 31.7 Å². The molecular weight excluding hydrogens is 262 g/mol. The molecule has 3 heterocycles. The molecule has 114 valence electrons. The highest BCUT2D eigenvalue weighted by molar-refractivity contribution is 5.78. The Hall–Kier alpha value is -1.46. The van der Waals surface area contributed by atoms with Crippen LogP contribution in [0.15, 0.2) is 12.3 Å². The predicted molar refractivity (Wildman–Crippen MR) is 85.2 cm³/mol. The van der Waals surface area contributed by atoms with E-state index in [2.05, 4.69) is 33.4 Å². The van der Waals surface area contributed by atoms with E-state index in [-0.39, 0.29) is 0 Å². The largest absolute Gasteiger partial charge is 0.312 e. The van der Waals surface area contributed by atoms with Gasteiger partial charge in [0.25, 0.3) is 0 Å². The number of hydrogen-bond acceptors (Lipinski definition) is 4. The second-order valence-corrected chi connectivity index (χ2v) is 6.33. The van der Waals surface area contributed by atoms with Gasteiger partial charge in [-0.05, 0) is 57.5 Å². The molecule has 1 aliphatic heterocycles. The van der Waals surface area contributed by atoms with Crippen molar-refractivity contribution in [1.29, 1.82) is 0 Å². The Labute approximate surface area is 126 Å². The molecule has 1 aliphatic rings. The Kier molecular flexibility index (Phi) is 4.22. The van der Waals surface area contributed by atoms with Crippen LogP contribution in [0.1, 0.15) is 24.1 Å². The maximum atomic E-state index is 4.53. The fraction of sp³-hybridized carbons (Fsp3) is 0.625. The van der Waals surface area contributed by atoms with Crippen LogP contribution in [0.25, 0.3) is 11.0 Å². The lowest BCUT2D eigenvalue weighted by atomic mass is 9.98. The average molecular weight is 287 g/mol. The molecule has 1 atom stereocenters. The number of nitrogens with zero attached hydrogens (tertiary/aromatic N) is 4. The molecule has 5 heteroatoms. The number of aryl methyl sites for hydroxylation is 2. The molecular formula is C16H25N5. The molecule has 0 amide bonds. The number of piperidine rings is 1. The topological polar surface area (TPSA) is 46.0 Å². The minimum absolute atomic E-state index is 0.778. The molecule has 21 heavy (non-hydrogen) atoms. The zero-order chi connectivity index (χ0) is 14.8. The van der Waals surface area contributed by atoms with Crippen molar-refractivity contribution in [3.05, 3.63) is 23.5 Å². The van der Waals surface area contributed by atoms with Gasteiger partial charge in [-0.25, -0.2) is 4.98 Å². The number of pyridine rings is 1. The summed E-state index contributed by atoms with van der Waals surface area (Å²) in [6.07, 6.45) is 4.63. The standard InChI is InChI=1S/C16H25N5/c1-12-15-7-14(10-18-16(15)21(3)19-12)9-17-8-13-5-4-6-20(2)11-13/h7,10,13,17H,4-6,8-9,11H2,1-3H3/t13-/m1/s1. The van der Waals surface area contributed by atoms with Crippen molar-refractivity contribution in [2.75, 3.05) is 26.7 Å². The molecule has 1 N–H and O–H groups in total. The summed E-state index contributed by atoms with van der Waals surface area (Å²) in [7, 11) is 4.16. The summed E-state index contributed by atoms with van der Waals surface area (Å²) < 4.78 is 1.85. The maximum absolute atomic E-state index is 4.53. The van der Waals surface area contributed by atoms with Crippen LogP contribution in [0.3, 0.4) is 0 Å². The van der Waals surface area contributed by atoms with Crippen molar-refractivity contribution in [1.82, 2.24) is 25.0 Å². The normalized spacial score (nSPS) is 20.2. The summed E-state index contributed by atoms with van der Waals surface area (Å²) in [5.41, 5.74) is 3.25. The molecule has 1 fully saturated rings. The second-order valence-electron chi connectivity index (χ2n) is 6.33. The van der Waals surface area contributed by atoms with E-state index < -0.39 is 0 Å². The summed E-state index contributed by atoms with van der Waals surface area (Å²) in [6, 6.07) is 2.21. The van der Waals surface area contributed by atoms with Gasteiger partial charge in [0.15, 0.2) is 5.65 Å². The fourth-order valence-electron chi connectivity index (χ4n) is 3.31. The fourth-order valence-corrected chi connectivity index (χ4v) is 3.31. The number of aromatic nitrogens is 3. The first-order valence-corrected chi connectivity index (χ1v) is 7.81. The lowest BCUT2D eigenvalue weighted by Gasteiger charge is -2.29. The van der Waals surface area contributed by atoms with Gasteiger partial charge in [-0.1, -0.05) is 0 Å². The number of hydrogen-bond donors (Lipinski definition) is 1. The predicted octanol–water partition coefficient (Wildman–Crippen LogP) is 1.71. The Balaban J connectivity index is 1.59. The average Bonchev–Trinajstić information content (AvgIpc) is 2.74. The van der Waals surface area contributed by atoms with Crippen LogP contribution >= 0.6 is 0 Å². The summed E-state index contributed by atoms with van der Waals surface area (Å²) >= 11 is 0. The van der Waals surface area contributed by atoms with Crippen LogP contribution in [-0.4, -0.2) is 46.3 Å². The van der Waals surface area contributed by atoms with Gasteiger partial charge < -0.3 is 10.2 Å². The highest BCUT2D eigenvalue weighted by atomic mass is 15.3. The van der Waals surface area contributed by atoms with E-state index in [1.165, 1.54) is 31.5 Å². The molecule has 0 unspecified atom stereocenters. The van der Waals surface area contributed by atoms with Crippen LogP contribution < -0.4 is 5.32 Å². The molecule has 2 aromatic rings. The van der Waals surface area contributed by atoms with Gasteiger partial charge in [-0.3, -0.25) is 4.68 Å². The van der Waals surface area contributed by atoms with Gasteiger partial charge in [-0.2, -0.15) is 5.10 Å². The van der Waals surface area contributed by atoms with Crippen molar-refractivity contribution < 1.29 is 0 Å². The minimum Gasteiger partial charge on any atom is -0.312 e. The lowest BCUT2D eigenvalue weighted by Crippen LogP contribution is -2.37. The van der Waals surface area contributed by atoms with Gasteiger partial charge in [0.05, 0.1) is 5.69 Å². The van der Waals surface area contributed by atoms with Crippen molar-refractivity contribution >= 4 is 11.0 Å². The number of rotatable bonds is 4. The van der Waals surface area contributed by atoms with Crippen LogP contribution in [0.2, 0.25) is 0 Å². The molecule has 0 bridgehead atoms. The number of nitrogens with one attached hydrogen (secondary N) is 1. The molecule has 5 nitrogen and oxygen atoms in total. The third-order valence-electron chi connectivity index (χ3n) is 4.40. The van der Waals surface area contributed by atoms with E-state index in [9.17, 15) is 0 Å². The van der Waals surface area contributed by atoms with E-state index in [4.69, 9.17) is 0 Å². The lowest BCUT2D eigenvalue weighted by molar-refractivity contribution is 0.206. The molecule has 1 saturated heterocycles. The highest BCUT2D eigenvalue weighted by Crippen LogP contribution is 2.17. The van der Waals surface area contributed by atoms with Crippen LogP contribution in [0, 0.1) is 12.8 Å². The monoisotopic (exact) mass is 287 g/mol. The summed E-state index contributed by atoms with van der Waals surface area (Å²) in [4.78, 5) is 6.96. The third kappa shape index (κ3) is 3.24.